The third-order valence-electron chi connectivity index (χ3n) is 2.75. The molecule has 0 spiro atoms. The van der Waals surface area contributed by atoms with E-state index in [4.69, 9.17) is 0 Å². The first kappa shape index (κ1) is 10.4. The van der Waals surface area contributed by atoms with Gasteiger partial charge in [0, 0.05) is 6.54 Å². The molecule has 0 unspecified atom stereocenters. The van der Waals surface area contributed by atoms with Crippen molar-refractivity contribution in [1.29, 1.82) is 0 Å². The van der Waals surface area contributed by atoms with Gasteiger partial charge in [0.1, 0.15) is 0 Å². The van der Waals surface area contributed by atoms with Crippen molar-refractivity contribution in [1.82, 2.24) is 5.32 Å². The summed E-state index contributed by atoms with van der Waals surface area (Å²) in [5.74, 6) is 0.967. The van der Waals surface area contributed by atoms with E-state index in [-0.39, 0.29) is 0 Å². The lowest BCUT2D eigenvalue weighted by Crippen LogP contribution is -2.18. The standard InChI is InChI=1S/C14H19N/c1-12(10-15-11-14-7-8-14)9-13-5-3-2-4-6-13/h2-6,9,14-15H,7-8,10-11H2,1H3/b12-9-. The monoisotopic (exact) mass is 201 g/mol. The Morgan fingerprint density at radius 2 is 2.07 bits per heavy atom. The minimum Gasteiger partial charge on any atom is -0.313 e. The molecule has 0 aromatic heterocycles. The zero-order valence-electron chi connectivity index (χ0n) is 9.37. The summed E-state index contributed by atoms with van der Waals surface area (Å²) in [4.78, 5) is 0. The van der Waals surface area contributed by atoms with Crippen LogP contribution in [0.25, 0.3) is 6.08 Å². The second-order valence-corrected chi connectivity index (χ2v) is 4.48. The van der Waals surface area contributed by atoms with Gasteiger partial charge in [-0.3, -0.25) is 0 Å². The van der Waals surface area contributed by atoms with E-state index in [2.05, 4.69) is 48.6 Å². The minimum absolute atomic E-state index is 0.967. The molecule has 1 nitrogen and oxygen atoms in total. The highest BCUT2D eigenvalue weighted by molar-refractivity contribution is 5.52. The van der Waals surface area contributed by atoms with Crippen LogP contribution in [0.1, 0.15) is 25.3 Å². The molecular weight excluding hydrogens is 182 g/mol. The maximum Gasteiger partial charge on any atom is 0.0165 e. The topological polar surface area (TPSA) is 12.0 Å². The minimum atomic E-state index is 0.967. The normalized spacial score (nSPS) is 16.7. The molecule has 0 radical (unpaired) electrons. The highest BCUT2D eigenvalue weighted by atomic mass is 14.9. The van der Waals surface area contributed by atoms with E-state index < -0.39 is 0 Å². The molecule has 1 aliphatic rings. The van der Waals surface area contributed by atoms with Gasteiger partial charge in [-0.1, -0.05) is 42.0 Å². The quantitative estimate of drug-likeness (QED) is 0.772. The SMILES string of the molecule is C/C(=C/c1ccccc1)CNCC1CC1. The van der Waals surface area contributed by atoms with Crippen LogP contribution in [0.2, 0.25) is 0 Å². The van der Waals surface area contributed by atoms with Crippen LogP contribution < -0.4 is 5.32 Å². The molecule has 0 aliphatic heterocycles. The van der Waals surface area contributed by atoms with Crippen LogP contribution in [0.15, 0.2) is 35.9 Å². The molecule has 0 saturated heterocycles. The van der Waals surface area contributed by atoms with Gasteiger partial charge in [0.25, 0.3) is 0 Å². The lowest BCUT2D eigenvalue weighted by atomic mass is 10.1. The van der Waals surface area contributed by atoms with Gasteiger partial charge in [0.05, 0.1) is 0 Å². The van der Waals surface area contributed by atoms with Crippen LogP contribution in [-0.2, 0) is 0 Å². The van der Waals surface area contributed by atoms with Crippen molar-refractivity contribution in [3.63, 3.8) is 0 Å². The molecule has 0 bridgehead atoms. The van der Waals surface area contributed by atoms with Crippen molar-refractivity contribution in [2.75, 3.05) is 13.1 Å². The van der Waals surface area contributed by atoms with E-state index in [0.29, 0.717) is 0 Å². The van der Waals surface area contributed by atoms with Crippen molar-refractivity contribution in [2.45, 2.75) is 19.8 Å². The van der Waals surface area contributed by atoms with Crippen molar-refractivity contribution in [2.24, 2.45) is 5.92 Å². The Bertz CT molecular complexity index is 322. The van der Waals surface area contributed by atoms with Gasteiger partial charge in [-0.15, -0.1) is 0 Å². The summed E-state index contributed by atoms with van der Waals surface area (Å²) in [6.45, 7) is 4.40. The summed E-state index contributed by atoms with van der Waals surface area (Å²) < 4.78 is 0. The molecule has 0 amide bonds. The largest absolute Gasteiger partial charge is 0.313 e. The first-order valence-corrected chi connectivity index (χ1v) is 5.77. The van der Waals surface area contributed by atoms with E-state index in [0.717, 1.165) is 12.5 Å². The van der Waals surface area contributed by atoms with Gasteiger partial charge in [-0.25, -0.2) is 0 Å². The lowest BCUT2D eigenvalue weighted by molar-refractivity contribution is 0.672. The molecule has 1 aromatic carbocycles. The molecule has 1 heteroatoms. The Kier molecular flexibility index (Phi) is 3.57. The van der Waals surface area contributed by atoms with Crippen LogP contribution in [0.4, 0.5) is 0 Å². The zero-order valence-corrected chi connectivity index (χ0v) is 9.37. The van der Waals surface area contributed by atoms with Crippen LogP contribution >= 0.6 is 0 Å². The van der Waals surface area contributed by atoms with Crippen molar-refractivity contribution in [3.8, 4) is 0 Å². The highest BCUT2D eigenvalue weighted by Crippen LogP contribution is 2.27. The summed E-state index contributed by atoms with van der Waals surface area (Å²) in [5, 5.41) is 3.50. The maximum atomic E-state index is 3.50. The average Bonchev–Trinajstić information content (AvgIpc) is 3.03. The first-order valence-electron chi connectivity index (χ1n) is 5.77. The highest BCUT2D eigenvalue weighted by Gasteiger charge is 2.19. The summed E-state index contributed by atoms with van der Waals surface area (Å²) in [6, 6.07) is 10.5. The number of nitrogens with one attached hydrogen (secondary N) is 1. The molecule has 0 atom stereocenters. The zero-order chi connectivity index (χ0) is 10.5. The van der Waals surface area contributed by atoms with Crippen molar-refractivity contribution in [3.05, 3.63) is 41.5 Å². The molecule has 1 aromatic rings. The first-order chi connectivity index (χ1) is 7.34. The Balaban J connectivity index is 1.78. The molecular formula is C14H19N. The van der Waals surface area contributed by atoms with Crippen molar-refractivity contribution >= 4 is 6.08 Å². The Labute approximate surface area is 92.2 Å². The summed E-state index contributed by atoms with van der Waals surface area (Å²) >= 11 is 0. The smallest absolute Gasteiger partial charge is 0.0165 e. The lowest BCUT2D eigenvalue weighted by Gasteiger charge is -2.03. The van der Waals surface area contributed by atoms with E-state index in [9.17, 15) is 0 Å². The maximum absolute atomic E-state index is 3.50. The van der Waals surface area contributed by atoms with Gasteiger partial charge >= 0.3 is 0 Å². The van der Waals surface area contributed by atoms with E-state index >= 15 is 0 Å². The van der Waals surface area contributed by atoms with Crippen molar-refractivity contribution < 1.29 is 0 Å². The van der Waals surface area contributed by atoms with Gasteiger partial charge in [0.2, 0.25) is 0 Å². The van der Waals surface area contributed by atoms with Gasteiger partial charge in [-0.2, -0.15) is 0 Å². The van der Waals surface area contributed by atoms with Gasteiger partial charge < -0.3 is 5.32 Å². The molecule has 15 heavy (non-hydrogen) atoms. The fourth-order valence-electron chi connectivity index (χ4n) is 1.68. The predicted octanol–water partition coefficient (Wildman–Crippen LogP) is 3.09. The average molecular weight is 201 g/mol. The number of benzene rings is 1. The van der Waals surface area contributed by atoms with Crippen LogP contribution in [0, 0.1) is 5.92 Å². The van der Waals surface area contributed by atoms with E-state index in [1.54, 1.807) is 0 Å². The molecule has 80 valence electrons. The Morgan fingerprint density at radius 3 is 2.73 bits per heavy atom. The molecule has 2 rings (SSSR count). The fourth-order valence-corrected chi connectivity index (χ4v) is 1.68. The summed E-state index contributed by atoms with van der Waals surface area (Å²) in [7, 11) is 0. The molecule has 1 aliphatic carbocycles. The molecule has 1 N–H and O–H groups in total. The molecule has 0 heterocycles. The van der Waals surface area contributed by atoms with Crippen LogP contribution in [-0.4, -0.2) is 13.1 Å². The fraction of sp³-hybridized carbons (Fsp3) is 0.429. The summed E-state index contributed by atoms with van der Waals surface area (Å²) in [6.07, 6.45) is 5.10. The van der Waals surface area contributed by atoms with Crippen LogP contribution in [0.3, 0.4) is 0 Å². The second kappa shape index (κ2) is 5.13. The predicted molar refractivity (Wildman–Crippen MR) is 65.7 cm³/mol. The number of hydrogen-bond acceptors (Lipinski definition) is 1. The number of rotatable bonds is 5. The third kappa shape index (κ3) is 3.88. The van der Waals surface area contributed by atoms with Gasteiger partial charge in [0.15, 0.2) is 0 Å². The summed E-state index contributed by atoms with van der Waals surface area (Å²) in [5.41, 5.74) is 2.70. The van der Waals surface area contributed by atoms with E-state index in [1.165, 1.54) is 30.5 Å². The molecule has 1 saturated carbocycles. The van der Waals surface area contributed by atoms with Crippen LogP contribution in [0.5, 0.6) is 0 Å². The van der Waals surface area contributed by atoms with Gasteiger partial charge in [-0.05, 0) is 37.8 Å². The third-order valence-corrected chi connectivity index (χ3v) is 2.75. The Morgan fingerprint density at radius 1 is 1.33 bits per heavy atom. The van der Waals surface area contributed by atoms with E-state index in [1.807, 2.05) is 0 Å². The molecule has 1 fully saturated rings. The number of hydrogen-bond donors (Lipinski definition) is 1. The second-order valence-electron chi connectivity index (χ2n) is 4.48. The Hall–Kier alpha value is -1.08.